The standard InChI is InChI=1S/C42H56N2O2/c1-27-9-35(39(45)37(11-27)41-19-29-13-30(20-41)15-31(14-29)21-41)25-43-7-5-3-4-6-8-44-26-36-10-28(2)12-38(40(36)46)42-22-32-16-33(23-42)18-34(17-32)24-42/h9-12,25-26,29-34,45-46H,3-8,13-24H2,1-2H3. The van der Waals surface area contributed by atoms with Crippen LogP contribution in [0.1, 0.15) is 136 Å². The third-order valence-electron chi connectivity index (χ3n) is 13.6. The predicted octanol–water partition coefficient (Wildman–Crippen LogP) is 9.75. The zero-order chi connectivity index (χ0) is 31.5. The minimum atomic E-state index is 0.199. The first-order valence-electron chi connectivity index (χ1n) is 19.0. The van der Waals surface area contributed by atoms with Gasteiger partial charge in [-0.2, -0.15) is 0 Å². The molecule has 246 valence electrons. The maximum atomic E-state index is 11.4. The lowest BCUT2D eigenvalue weighted by atomic mass is 9.48. The molecule has 0 amide bonds. The van der Waals surface area contributed by atoms with E-state index in [2.05, 4.69) is 38.1 Å². The van der Waals surface area contributed by atoms with Crippen molar-refractivity contribution in [3.8, 4) is 11.5 Å². The highest BCUT2D eigenvalue weighted by Crippen LogP contribution is 2.63. The van der Waals surface area contributed by atoms with Gasteiger partial charge in [-0.05, 0) is 173 Å². The van der Waals surface area contributed by atoms with Gasteiger partial charge in [-0.15, -0.1) is 0 Å². The monoisotopic (exact) mass is 620 g/mol. The number of nitrogens with zero attached hydrogens (tertiary/aromatic N) is 2. The smallest absolute Gasteiger partial charge is 0.128 e. The molecule has 8 saturated carbocycles. The lowest BCUT2D eigenvalue weighted by Crippen LogP contribution is -2.48. The molecule has 0 aromatic heterocycles. The molecule has 8 aliphatic rings. The van der Waals surface area contributed by atoms with Crippen LogP contribution >= 0.6 is 0 Å². The van der Waals surface area contributed by atoms with E-state index in [0.29, 0.717) is 11.5 Å². The van der Waals surface area contributed by atoms with Crippen LogP contribution in [0, 0.1) is 49.4 Å². The molecule has 46 heavy (non-hydrogen) atoms. The van der Waals surface area contributed by atoms with E-state index in [4.69, 9.17) is 9.98 Å². The molecule has 2 N–H and O–H groups in total. The molecule has 0 unspecified atom stereocenters. The second-order valence-electron chi connectivity index (χ2n) is 17.4. The molecule has 8 bridgehead atoms. The minimum Gasteiger partial charge on any atom is -0.507 e. The molecule has 0 aliphatic heterocycles. The average molecular weight is 621 g/mol. The molecular weight excluding hydrogens is 564 g/mol. The van der Waals surface area contributed by atoms with Crippen LogP contribution in [0.25, 0.3) is 0 Å². The van der Waals surface area contributed by atoms with Crippen molar-refractivity contribution >= 4 is 12.4 Å². The number of unbranched alkanes of at least 4 members (excludes halogenated alkanes) is 3. The number of phenolic OH excluding ortho intramolecular Hbond substituents is 2. The van der Waals surface area contributed by atoms with E-state index in [1.807, 2.05) is 12.4 Å². The van der Waals surface area contributed by atoms with E-state index in [9.17, 15) is 10.2 Å². The Balaban J connectivity index is 0.816. The molecule has 4 heteroatoms. The molecule has 0 atom stereocenters. The molecule has 0 saturated heterocycles. The van der Waals surface area contributed by atoms with Crippen molar-refractivity contribution in [3.63, 3.8) is 0 Å². The van der Waals surface area contributed by atoms with Crippen LogP contribution < -0.4 is 0 Å². The summed E-state index contributed by atoms with van der Waals surface area (Å²) in [4.78, 5) is 9.51. The zero-order valence-corrected chi connectivity index (χ0v) is 28.4. The Morgan fingerprint density at radius 1 is 0.543 bits per heavy atom. The van der Waals surface area contributed by atoms with E-state index in [1.54, 1.807) is 0 Å². The minimum absolute atomic E-state index is 0.199. The Bertz CT molecular complexity index is 1330. The second-order valence-corrected chi connectivity index (χ2v) is 17.4. The van der Waals surface area contributed by atoms with Crippen molar-refractivity contribution in [2.24, 2.45) is 45.5 Å². The first-order chi connectivity index (χ1) is 22.3. The normalized spacial score (nSPS) is 35.7. The quantitative estimate of drug-likeness (QED) is 0.194. The van der Waals surface area contributed by atoms with Crippen LogP contribution in [-0.2, 0) is 10.8 Å². The summed E-state index contributed by atoms with van der Waals surface area (Å²) in [7, 11) is 0. The first kappa shape index (κ1) is 30.7. The molecule has 8 aliphatic carbocycles. The summed E-state index contributed by atoms with van der Waals surface area (Å²) >= 11 is 0. The van der Waals surface area contributed by atoms with Gasteiger partial charge in [0.25, 0.3) is 0 Å². The number of hydrogen-bond donors (Lipinski definition) is 2. The van der Waals surface area contributed by atoms with E-state index >= 15 is 0 Å². The summed E-state index contributed by atoms with van der Waals surface area (Å²) in [6, 6.07) is 8.79. The van der Waals surface area contributed by atoms with Crippen molar-refractivity contribution < 1.29 is 10.2 Å². The first-order valence-corrected chi connectivity index (χ1v) is 19.0. The van der Waals surface area contributed by atoms with Crippen molar-refractivity contribution in [1.29, 1.82) is 0 Å². The maximum absolute atomic E-state index is 11.4. The van der Waals surface area contributed by atoms with Crippen molar-refractivity contribution in [3.05, 3.63) is 57.6 Å². The molecule has 0 spiro atoms. The third kappa shape index (κ3) is 5.74. The average Bonchev–Trinajstić information content (AvgIpc) is 2.99. The Morgan fingerprint density at radius 2 is 0.870 bits per heavy atom. The van der Waals surface area contributed by atoms with Gasteiger partial charge in [0.15, 0.2) is 0 Å². The molecular formula is C42H56N2O2. The number of aryl methyl sites for hydroxylation is 2. The fraction of sp³-hybridized carbons (Fsp3) is 0.667. The fourth-order valence-electron chi connectivity index (χ4n) is 12.6. The molecule has 10 rings (SSSR count). The van der Waals surface area contributed by atoms with Crippen LogP contribution in [0.4, 0.5) is 0 Å². The van der Waals surface area contributed by atoms with Crippen LogP contribution in [-0.4, -0.2) is 35.7 Å². The van der Waals surface area contributed by atoms with Gasteiger partial charge in [-0.1, -0.05) is 25.0 Å². The van der Waals surface area contributed by atoms with Gasteiger partial charge in [0, 0.05) is 47.8 Å². The second kappa shape index (κ2) is 12.1. The molecule has 4 nitrogen and oxygen atoms in total. The van der Waals surface area contributed by atoms with Crippen LogP contribution in [0.15, 0.2) is 34.3 Å². The molecule has 0 heterocycles. The predicted molar refractivity (Wildman–Crippen MR) is 189 cm³/mol. The molecule has 8 fully saturated rings. The van der Waals surface area contributed by atoms with Gasteiger partial charge in [-0.25, -0.2) is 0 Å². The van der Waals surface area contributed by atoms with Gasteiger partial charge in [0.1, 0.15) is 11.5 Å². The van der Waals surface area contributed by atoms with Crippen LogP contribution in [0.5, 0.6) is 11.5 Å². The highest BCUT2D eigenvalue weighted by Gasteiger charge is 2.53. The summed E-state index contributed by atoms with van der Waals surface area (Å²) in [6.07, 6.45) is 24.4. The van der Waals surface area contributed by atoms with Crippen LogP contribution in [0.2, 0.25) is 0 Å². The number of aromatic hydroxyl groups is 2. The fourth-order valence-corrected chi connectivity index (χ4v) is 12.6. The van der Waals surface area contributed by atoms with Gasteiger partial charge in [0.2, 0.25) is 0 Å². The number of benzene rings is 2. The summed E-state index contributed by atoms with van der Waals surface area (Å²) in [5, 5.41) is 22.8. The summed E-state index contributed by atoms with van der Waals surface area (Å²) in [5.74, 6) is 6.21. The number of rotatable bonds is 11. The molecule has 0 radical (unpaired) electrons. The van der Waals surface area contributed by atoms with Gasteiger partial charge in [-0.3, -0.25) is 9.98 Å². The number of hydrogen-bond acceptors (Lipinski definition) is 4. The largest absolute Gasteiger partial charge is 0.507 e. The van der Waals surface area contributed by atoms with Crippen molar-refractivity contribution in [1.82, 2.24) is 0 Å². The van der Waals surface area contributed by atoms with E-state index in [-0.39, 0.29) is 10.8 Å². The van der Waals surface area contributed by atoms with Crippen molar-refractivity contribution in [2.45, 2.75) is 127 Å². The lowest BCUT2D eigenvalue weighted by molar-refractivity contribution is -0.00631. The van der Waals surface area contributed by atoms with Gasteiger partial charge < -0.3 is 10.2 Å². The molecule has 2 aromatic carbocycles. The number of aliphatic imine (C=N–C) groups is 2. The Labute approximate surface area is 277 Å². The van der Waals surface area contributed by atoms with Gasteiger partial charge in [0.05, 0.1) is 0 Å². The Morgan fingerprint density at radius 3 is 1.20 bits per heavy atom. The summed E-state index contributed by atoms with van der Waals surface area (Å²) in [5.41, 5.74) is 7.14. The highest BCUT2D eigenvalue weighted by atomic mass is 16.3. The lowest BCUT2D eigenvalue weighted by Gasteiger charge is -2.57. The van der Waals surface area contributed by atoms with Crippen molar-refractivity contribution in [2.75, 3.05) is 13.1 Å². The Hall–Kier alpha value is -2.62. The molecule has 2 aromatic rings. The zero-order valence-electron chi connectivity index (χ0n) is 28.4. The van der Waals surface area contributed by atoms with Gasteiger partial charge >= 0.3 is 0 Å². The Kier molecular flexibility index (Phi) is 8.09. The summed E-state index contributed by atoms with van der Waals surface area (Å²) in [6.45, 7) is 5.94. The van der Waals surface area contributed by atoms with Crippen LogP contribution in [0.3, 0.4) is 0 Å². The topological polar surface area (TPSA) is 65.2 Å². The summed E-state index contributed by atoms with van der Waals surface area (Å²) < 4.78 is 0. The SMILES string of the molecule is Cc1cc(C=NCCCCCCN=Cc2cc(C)cc(C34CC5CC(CC(C5)C3)C4)c2O)c(O)c(C23CC4CC(CC(C4)C2)C3)c1. The number of phenols is 2. The maximum Gasteiger partial charge on any atom is 0.128 e. The van der Waals surface area contributed by atoms with E-state index < -0.39 is 0 Å². The third-order valence-corrected chi connectivity index (χ3v) is 13.6. The highest BCUT2D eigenvalue weighted by molar-refractivity contribution is 5.85. The van der Waals surface area contributed by atoms with E-state index in [0.717, 1.165) is 85.4 Å². The van der Waals surface area contributed by atoms with E-state index in [1.165, 1.54) is 99.3 Å².